The van der Waals surface area contributed by atoms with Crippen molar-refractivity contribution in [3.8, 4) is 0 Å². The van der Waals surface area contributed by atoms with Crippen LogP contribution in [0.5, 0.6) is 0 Å². The van der Waals surface area contributed by atoms with Crippen LogP contribution in [0, 0.1) is 5.92 Å². The van der Waals surface area contributed by atoms with E-state index in [1.165, 1.54) is 6.42 Å². The van der Waals surface area contributed by atoms with E-state index in [4.69, 9.17) is 0 Å². The van der Waals surface area contributed by atoms with Gasteiger partial charge in [-0.1, -0.05) is 0 Å². The first-order valence-corrected chi connectivity index (χ1v) is 8.48. The molecule has 2 heterocycles. The maximum absolute atomic E-state index is 12.9. The molecule has 1 saturated carbocycles. The highest BCUT2D eigenvalue weighted by atomic mass is 16.2. The first kappa shape index (κ1) is 14.5. The predicted molar refractivity (Wildman–Crippen MR) is 86.0 cm³/mol. The Bertz CT molecular complexity index is 740. The summed E-state index contributed by atoms with van der Waals surface area (Å²) in [6, 6.07) is -0.00311. The monoisotopic (exact) mass is 313 g/mol. The number of carbonyl (C=O) groups is 1. The number of nitrogens with one attached hydrogen (secondary N) is 1. The largest absolute Gasteiger partial charge is 0.340 e. The Hall–Kier alpha value is -2.11. The molecule has 2 aromatic heterocycles. The van der Waals surface area contributed by atoms with Crippen LogP contribution in [0.4, 0.5) is 0 Å². The van der Waals surface area contributed by atoms with Gasteiger partial charge in [-0.2, -0.15) is 5.10 Å². The van der Waals surface area contributed by atoms with Gasteiger partial charge < -0.3 is 9.88 Å². The highest BCUT2D eigenvalue weighted by Gasteiger charge is 2.37. The zero-order chi connectivity index (χ0) is 16.0. The van der Waals surface area contributed by atoms with E-state index >= 15 is 0 Å². The third-order valence-corrected chi connectivity index (χ3v) is 5.05. The van der Waals surface area contributed by atoms with Crippen LogP contribution in [-0.2, 0) is 26.9 Å². The Kier molecular flexibility index (Phi) is 3.47. The van der Waals surface area contributed by atoms with Crippen molar-refractivity contribution >= 4 is 5.91 Å². The Morgan fingerprint density at radius 3 is 2.78 bits per heavy atom. The van der Waals surface area contributed by atoms with E-state index in [1.54, 1.807) is 10.9 Å². The average Bonchev–Trinajstić information content (AvgIpc) is 3.20. The zero-order valence-corrected chi connectivity index (χ0v) is 13.7. The number of aryl methyl sites for hydroxylation is 3. The molecule has 4 rings (SSSR count). The maximum Gasteiger partial charge on any atom is 0.270 e. The summed E-state index contributed by atoms with van der Waals surface area (Å²) in [5.74, 6) is 1.43. The molecule has 2 aliphatic carbocycles. The third-order valence-electron chi connectivity index (χ3n) is 5.05. The molecule has 2 aromatic rings. The zero-order valence-electron chi connectivity index (χ0n) is 13.7. The van der Waals surface area contributed by atoms with Gasteiger partial charge in [0.2, 0.25) is 0 Å². The van der Waals surface area contributed by atoms with Crippen molar-refractivity contribution in [2.75, 3.05) is 0 Å². The molecule has 0 aromatic carbocycles. The van der Waals surface area contributed by atoms with Crippen LogP contribution in [0.15, 0.2) is 12.4 Å². The van der Waals surface area contributed by atoms with Crippen molar-refractivity contribution < 1.29 is 4.79 Å². The van der Waals surface area contributed by atoms with Crippen LogP contribution in [0.2, 0.25) is 0 Å². The molecule has 1 amide bonds. The molecular formula is C17H23N5O. The lowest BCUT2D eigenvalue weighted by atomic mass is 9.95. The molecule has 0 unspecified atom stereocenters. The van der Waals surface area contributed by atoms with E-state index in [0.29, 0.717) is 5.92 Å². The van der Waals surface area contributed by atoms with Crippen molar-refractivity contribution in [2.45, 2.75) is 44.6 Å². The highest BCUT2D eigenvalue weighted by molar-refractivity contribution is 5.94. The number of fused-ring (bicyclic) bond motifs is 1. The minimum absolute atomic E-state index is 0.00311. The van der Waals surface area contributed by atoms with Gasteiger partial charge in [-0.3, -0.25) is 9.48 Å². The number of rotatable bonds is 4. The predicted octanol–water partition coefficient (Wildman–Crippen LogP) is 1.91. The quantitative estimate of drug-likeness (QED) is 0.938. The fourth-order valence-electron chi connectivity index (χ4n) is 3.67. The van der Waals surface area contributed by atoms with Gasteiger partial charge in [0.25, 0.3) is 5.91 Å². The number of hydrogen-bond acceptors (Lipinski definition) is 3. The maximum atomic E-state index is 12.9. The summed E-state index contributed by atoms with van der Waals surface area (Å²) < 4.78 is 3.76. The molecule has 1 atom stereocenters. The summed E-state index contributed by atoms with van der Waals surface area (Å²) in [5, 5.41) is 7.79. The smallest absolute Gasteiger partial charge is 0.270 e. The van der Waals surface area contributed by atoms with E-state index in [0.717, 1.165) is 54.9 Å². The molecule has 0 spiro atoms. The second-order valence-electron chi connectivity index (χ2n) is 6.79. The van der Waals surface area contributed by atoms with Crippen molar-refractivity contribution in [1.29, 1.82) is 0 Å². The van der Waals surface area contributed by atoms with E-state index in [2.05, 4.69) is 15.4 Å². The standard InChI is InChI=1S/C17H23N5O/c1-21-10-9-18-16(21)14(11-7-8-11)19-17(23)15-12-5-3-4-6-13(12)20-22(15)2/h9-11,14H,3-8H2,1-2H3,(H,19,23)/t14-/m1/s1. The first-order valence-electron chi connectivity index (χ1n) is 8.48. The second-order valence-corrected chi connectivity index (χ2v) is 6.79. The Morgan fingerprint density at radius 2 is 2.09 bits per heavy atom. The van der Waals surface area contributed by atoms with Crippen molar-refractivity contribution in [2.24, 2.45) is 20.0 Å². The molecule has 122 valence electrons. The van der Waals surface area contributed by atoms with E-state index in [1.807, 2.05) is 24.9 Å². The van der Waals surface area contributed by atoms with E-state index < -0.39 is 0 Å². The summed E-state index contributed by atoms with van der Waals surface area (Å²) >= 11 is 0. The number of aromatic nitrogens is 4. The van der Waals surface area contributed by atoms with Gasteiger partial charge >= 0.3 is 0 Å². The van der Waals surface area contributed by atoms with E-state index in [-0.39, 0.29) is 11.9 Å². The molecule has 0 saturated heterocycles. The number of carbonyl (C=O) groups excluding carboxylic acids is 1. The SMILES string of the molecule is Cn1ccnc1[C@H](NC(=O)c1c2c(nn1C)CCCC2)C1CC1. The number of nitrogens with zero attached hydrogens (tertiary/aromatic N) is 4. The van der Waals surface area contributed by atoms with Crippen molar-refractivity contribution in [3.05, 3.63) is 35.2 Å². The minimum atomic E-state index is -0.0111. The number of hydrogen-bond donors (Lipinski definition) is 1. The van der Waals surface area contributed by atoms with Gasteiger partial charge in [0.05, 0.1) is 11.7 Å². The van der Waals surface area contributed by atoms with Crippen LogP contribution in [0.1, 0.15) is 59.3 Å². The summed E-state index contributed by atoms with van der Waals surface area (Å²) in [6.07, 6.45) is 10.3. The summed E-state index contributed by atoms with van der Waals surface area (Å²) in [5.41, 5.74) is 2.98. The van der Waals surface area contributed by atoms with Crippen LogP contribution in [-0.4, -0.2) is 25.2 Å². The van der Waals surface area contributed by atoms with Crippen LogP contribution < -0.4 is 5.32 Å². The van der Waals surface area contributed by atoms with Gasteiger partial charge in [0, 0.05) is 32.1 Å². The van der Waals surface area contributed by atoms with Gasteiger partial charge in [0.1, 0.15) is 11.5 Å². The number of amides is 1. The molecule has 2 aliphatic rings. The lowest BCUT2D eigenvalue weighted by Gasteiger charge is -2.19. The molecule has 0 radical (unpaired) electrons. The van der Waals surface area contributed by atoms with Gasteiger partial charge in [-0.25, -0.2) is 4.98 Å². The fourth-order valence-corrected chi connectivity index (χ4v) is 3.67. The Morgan fingerprint density at radius 1 is 1.30 bits per heavy atom. The summed E-state index contributed by atoms with van der Waals surface area (Å²) in [4.78, 5) is 17.4. The first-order chi connectivity index (χ1) is 11.1. The third kappa shape index (κ3) is 2.56. The summed E-state index contributed by atoms with van der Waals surface area (Å²) in [6.45, 7) is 0. The minimum Gasteiger partial charge on any atom is -0.340 e. The van der Waals surface area contributed by atoms with Gasteiger partial charge in [0.15, 0.2) is 0 Å². The normalized spacial score (nSPS) is 18.5. The number of imidazole rings is 1. The van der Waals surface area contributed by atoms with Gasteiger partial charge in [-0.15, -0.1) is 0 Å². The molecule has 23 heavy (non-hydrogen) atoms. The van der Waals surface area contributed by atoms with Crippen LogP contribution >= 0.6 is 0 Å². The molecule has 0 bridgehead atoms. The molecule has 6 nitrogen and oxygen atoms in total. The lowest BCUT2D eigenvalue weighted by molar-refractivity contribution is 0.0918. The molecule has 0 aliphatic heterocycles. The van der Waals surface area contributed by atoms with Crippen molar-refractivity contribution in [3.63, 3.8) is 0 Å². The topological polar surface area (TPSA) is 64.7 Å². The van der Waals surface area contributed by atoms with Crippen molar-refractivity contribution in [1.82, 2.24) is 24.6 Å². The fraction of sp³-hybridized carbons (Fsp3) is 0.588. The molecular weight excluding hydrogens is 290 g/mol. The van der Waals surface area contributed by atoms with Crippen LogP contribution in [0.3, 0.4) is 0 Å². The Balaban J connectivity index is 1.62. The molecule has 1 N–H and O–H groups in total. The second kappa shape index (κ2) is 5.51. The van der Waals surface area contributed by atoms with E-state index in [9.17, 15) is 4.79 Å². The average molecular weight is 313 g/mol. The molecule has 1 fully saturated rings. The lowest BCUT2D eigenvalue weighted by Crippen LogP contribution is -2.33. The molecule has 6 heteroatoms. The summed E-state index contributed by atoms with van der Waals surface area (Å²) in [7, 11) is 3.86. The van der Waals surface area contributed by atoms with Crippen LogP contribution in [0.25, 0.3) is 0 Å². The Labute approximate surface area is 135 Å². The van der Waals surface area contributed by atoms with Gasteiger partial charge in [-0.05, 0) is 44.4 Å². The highest BCUT2D eigenvalue weighted by Crippen LogP contribution is 2.40.